The van der Waals surface area contributed by atoms with E-state index >= 15 is 0 Å². The first kappa shape index (κ1) is 9.55. The van der Waals surface area contributed by atoms with Crippen molar-refractivity contribution in [3.05, 3.63) is 11.9 Å². The van der Waals surface area contributed by atoms with Gasteiger partial charge >= 0.3 is 0 Å². The van der Waals surface area contributed by atoms with Crippen LogP contribution in [-0.2, 0) is 5.54 Å². The first-order valence-corrected chi connectivity index (χ1v) is 4.77. The highest BCUT2D eigenvalue weighted by atomic mass is 19.3. The quantitative estimate of drug-likeness (QED) is 0.750. The lowest BCUT2D eigenvalue weighted by molar-refractivity contribution is 0.0593. The van der Waals surface area contributed by atoms with Crippen molar-refractivity contribution < 1.29 is 8.78 Å². The average Bonchev–Trinajstić information content (AvgIpc) is 2.77. The van der Waals surface area contributed by atoms with Gasteiger partial charge in [0.2, 0.25) is 0 Å². The first-order valence-electron chi connectivity index (χ1n) is 4.77. The molecule has 0 amide bonds. The van der Waals surface area contributed by atoms with Gasteiger partial charge in [0.05, 0.1) is 5.69 Å². The third-order valence-electron chi connectivity index (χ3n) is 2.73. The maximum atomic E-state index is 12.7. The largest absolute Gasteiger partial charge is 0.263 e. The van der Waals surface area contributed by atoms with Crippen LogP contribution in [0.5, 0.6) is 0 Å². The molecule has 0 aromatic carbocycles. The van der Waals surface area contributed by atoms with Crippen LogP contribution < -0.4 is 0 Å². The van der Waals surface area contributed by atoms with E-state index in [1.807, 2.05) is 13.8 Å². The second kappa shape index (κ2) is 3.00. The van der Waals surface area contributed by atoms with Crippen molar-refractivity contribution in [2.45, 2.75) is 44.6 Å². The summed E-state index contributed by atoms with van der Waals surface area (Å²) in [6.45, 7) is 3.94. The fourth-order valence-electron chi connectivity index (χ4n) is 1.43. The number of aromatic nitrogens is 3. The van der Waals surface area contributed by atoms with Crippen LogP contribution in [0.3, 0.4) is 0 Å². The van der Waals surface area contributed by atoms with Crippen molar-refractivity contribution in [2.24, 2.45) is 0 Å². The molecule has 0 bridgehead atoms. The molecule has 14 heavy (non-hydrogen) atoms. The minimum Gasteiger partial charge on any atom is -0.240 e. The number of halogens is 2. The summed E-state index contributed by atoms with van der Waals surface area (Å²) < 4.78 is 26.7. The molecule has 2 rings (SSSR count). The Kier molecular flexibility index (Phi) is 2.05. The fourth-order valence-corrected chi connectivity index (χ4v) is 1.43. The Morgan fingerprint density at radius 3 is 2.43 bits per heavy atom. The van der Waals surface area contributed by atoms with Crippen molar-refractivity contribution in [1.82, 2.24) is 15.0 Å². The van der Waals surface area contributed by atoms with Crippen LogP contribution in [0.2, 0.25) is 0 Å². The lowest BCUT2D eigenvalue weighted by atomic mass is 10.1. The molecular weight excluding hydrogens is 188 g/mol. The van der Waals surface area contributed by atoms with E-state index in [4.69, 9.17) is 0 Å². The molecule has 0 saturated heterocycles. The molecule has 0 atom stereocenters. The Balaban J connectivity index is 2.25. The highest BCUT2D eigenvalue weighted by Crippen LogP contribution is 2.48. The van der Waals surface area contributed by atoms with Gasteiger partial charge in [-0.15, -0.1) is 5.10 Å². The Bertz CT molecular complexity index is 329. The van der Waals surface area contributed by atoms with E-state index in [0.29, 0.717) is 12.8 Å². The lowest BCUT2D eigenvalue weighted by Gasteiger charge is -2.12. The van der Waals surface area contributed by atoms with Crippen molar-refractivity contribution in [1.29, 1.82) is 0 Å². The van der Waals surface area contributed by atoms with Gasteiger partial charge in [-0.2, -0.15) is 0 Å². The van der Waals surface area contributed by atoms with Crippen molar-refractivity contribution in [3.8, 4) is 0 Å². The summed E-state index contributed by atoms with van der Waals surface area (Å²) in [7, 11) is 0. The van der Waals surface area contributed by atoms with Crippen LogP contribution in [0, 0.1) is 0 Å². The van der Waals surface area contributed by atoms with Crippen molar-refractivity contribution >= 4 is 0 Å². The van der Waals surface area contributed by atoms with E-state index in [1.165, 1.54) is 4.68 Å². The number of hydrogen-bond donors (Lipinski definition) is 0. The van der Waals surface area contributed by atoms with Crippen LogP contribution >= 0.6 is 0 Å². The molecule has 1 heterocycles. The van der Waals surface area contributed by atoms with Crippen LogP contribution in [0.1, 0.15) is 38.3 Å². The number of alkyl halides is 2. The third kappa shape index (κ3) is 1.31. The van der Waals surface area contributed by atoms with E-state index in [-0.39, 0.29) is 5.92 Å². The molecule has 5 heteroatoms. The van der Waals surface area contributed by atoms with Crippen LogP contribution in [-0.4, -0.2) is 21.4 Å². The van der Waals surface area contributed by atoms with E-state index in [2.05, 4.69) is 10.3 Å². The molecule has 0 radical (unpaired) electrons. The molecule has 1 fully saturated rings. The molecular formula is C9H13F2N3. The van der Waals surface area contributed by atoms with Crippen molar-refractivity contribution in [2.75, 3.05) is 0 Å². The average molecular weight is 201 g/mol. The van der Waals surface area contributed by atoms with Gasteiger partial charge in [0, 0.05) is 6.20 Å². The zero-order chi connectivity index (χ0) is 10.3. The van der Waals surface area contributed by atoms with Gasteiger partial charge in [-0.1, -0.05) is 19.1 Å². The summed E-state index contributed by atoms with van der Waals surface area (Å²) in [5, 5.41) is 7.66. The first-order chi connectivity index (χ1) is 6.56. The van der Waals surface area contributed by atoms with Crippen LogP contribution in [0.15, 0.2) is 6.20 Å². The predicted octanol–water partition coefficient (Wildman–Crippen LogP) is 2.16. The Morgan fingerprint density at radius 2 is 2.07 bits per heavy atom. The zero-order valence-corrected chi connectivity index (χ0v) is 8.24. The normalized spacial score (nSPS) is 19.3. The van der Waals surface area contributed by atoms with Gasteiger partial charge < -0.3 is 0 Å². The van der Waals surface area contributed by atoms with E-state index in [1.54, 1.807) is 6.20 Å². The third-order valence-corrected chi connectivity index (χ3v) is 2.73. The van der Waals surface area contributed by atoms with Crippen LogP contribution in [0.25, 0.3) is 0 Å². The summed E-state index contributed by atoms with van der Waals surface area (Å²) in [6, 6.07) is 0. The molecule has 1 aliphatic carbocycles. The monoisotopic (exact) mass is 201 g/mol. The number of hydrogen-bond acceptors (Lipinski definition) is 2. The predicted molar refractivity (Wildman–Crippen MR) is 47.3 cm³/mol. The molecule has 78 valence electrons. The molecule has 1 aliphatic rings. The fraction of sp³-hybridized carbons (Fsp3) is 0.778. The summed E-state index contributed by atoms with van der Waals surface area (Å²) >= 11 is 0. The summed E-state index contributed by atoms with van der Waals surface area (Å²) in [5.74, 6) is 0.234. The van der Waals surface area contributed by atoms with Gasteiger partial charge in [-0.25, -0.2) is 13.5 Å². The molecule has 0 N–H and O–H groups in total. The number of nitrogens with zero attached hydrogens (tertiary/aromatic N) is 3. The topological polar surface area (TPSA) is 30.7 Å². The standard InChI is InChI=1S/C9H13F2N3/c1-6(2)7-5-14(13-12-7)9(3-4-9)8(10)11/h5-6,8H,3-4H2,1-2H3. The van der Waals surface area contributed by atoms with E-state index in [9.17, 15) is 8.78 Å². The molecule has 1 aromatic rings. The molecule has 3 nitrogen and oxygen atoms in total. The van der Waals surface area contributed by atoms with Crippen molar-refractivity contribution in [3.63, 3.8) is 0 Å². The molecule has 1 saturated carbocycles. The lowest BCUT2D eigenvalue weighted by Crippen LogP contribution is -2.26. The molecule has 0 unspecified atom stereocenters. The van der Waals surface area contributed by atoms with Crippen LogP contribution in [0.4, 0.5) is 8.78 Å². The minimum absolute atomic E-state index is 0.234. The highest BCUT2D eigenvalue weighted by Gasteiger charge is 2.54. The summed E-state index contributed by atoms with van der Waals surface area (Å²) in [6.07, 6.45) is 0.310. The van der Waals surface area contributed by atoms with E-state index < -0.39 is 12.0 Å². The van der Waals surface area contributed by atoms with Gasteiger partial charge in [0.1, 0.15) is 5.54 Å². The van der Waals surface area contributed by atoms with Gasteiger partial charge in [0.15, 0.2) is 0 Å². The molecule has 0 spiro atoms. The second-order valence-corrected chi connectivity index (χ2v) is 4.15. The van der Waals surface area contributed by atoms with Gasteiger partial charge in [-0.3, -0.25) is 0 Å². The minimum atomic E-state index is -2.34. The zero-order valence-electron chi connectivity index (χ0n) is 8.24. The SMILES string of the molecule is CC(C)c1cn(C2(C(F)F)CC2)nn1. The van der Waals surface area contributed by atoms with Gasteiger partial charge in [0.25, 0.3) is 6.43 Å². The smallest absolute Gasteiger partial charge is 0.240 e. The van der Waals surface area contributed by atoms with E-state index in [0.717, 1.165) is 5.69 Å². The Morgan fingerprint density at radius 1 is 1.43 bits per heavy atom. The molecule has 0 aliphatic heterocycles. The summed E-state index contributed by atoms with van der Waals surface area (Å²) in [5.41, 5.74) is -0.267. The Hall–Kier alpha value is -1.00. The molecule has 1 aromatic heterocycles. The Labute approximate surface area is 81.1 Å². The summed E-state index contributed by atoms with van der Waals surface area (Å²) in [4.78, 5) is 0. The number of rotatable bonds is 3. The second-order valence-electron chi connectivity index (χ2n) is 4.15. The maximum absolute atomic E-state index is 12.7. The highest BCUT2D eigenvalue weighted by molar-refractivity contribution is 5.07. The van der Waals surface area contributed by atoms with Gasteiger partial charge in [-0.05, 0) is 18.8 Å². The maximum Gasteiger partial charge on any atom is 0.263 e.